The summed E-state index contributed by atoms with van der Waals surface area (Å²) >= 11 is 4.26. The summed E-state index contributed by atoms with van der Waals surface area (Å²) in [5, 5.41) is 18.1. The van der Waals surface area contributed by atoms with E-state index in [2.05, 4.69) is 45.2 Å². The van der Waals surface area contributed by atoms with E-state index in [9.17, 15) is 0 Å². The Kier molecular flexibility index (Phi) is 5.87. The average molecular weight is 356 g/mol. The van der Waals surface area contributed by atoms with Crippen molar-refractivity contribution in [2.75, 3.05) is 8.86 Å². The number of rotatable bonds is 4. The van der Waals surface area contributed by atoms with Gasteiger partial charge in [0.15, 0.2) is 5.79 Å². The van der Waals surface area contributed by atoms with E-state index >= 15 is 0 Å². The van der Waals surface area contributed by atoms with Crippen LogP contribution in [0.4, 0.5) is 0 Å². The van der Waals surface area contributed by atoms with Crippen LogP contribution in [0.25, 0.3) is 0 Å². The monoisotopic (exact) mass is 356 g/mol. The van der Waals surface area contributed by atoms with Gasteiger partial charge in [0.25, 0.3) is 0 Å². The van der Waals surface area contributed by atoms with Gasteiger partial charge in [-0.2, -0.15) is 0 Å². The highest BCUT2D eigenvalue weighted by Crippen LogP contribution is 2.13. The molecular formula is C5H10I2O2. The molecule has 0 aromatic carbocycles. The number of hydrogen-bond acceptors (Lipinski definition) is 2. The molecule has 4 heteroatoms. The second-order valence-electron chi connectivity index (χ2n) is 1.86. The van der Waals surface area contributed by atoms with Gasteiger partial charge in [-0.05, 0) is 0 Å². The highest BCUT2D eigenvalue weighted by molar-refractivity contribution is 14.1. The second-order valence-corrected chi connectivity index (χ2v) is 4.02. The first-order valence-corrected chi connectivity index (χ1v) is 5.74. The molecule has 0 aliphatic carbocycles. The van der Waals surface area contributed by atoms with Crippen LogP contribution in [-0.2, 0) is 0 Å². The zero-order chi connectivity index (χ0) is 7.33. The van der Waals surface area contributed by atoms with Gasteiger partial charge in [0, 0.05) is 21.7 Å². The van der Waals surface area contributed by atoms with Gasteiger partial charge in [-0.15, -0.1) is 0 Å². The predicted octanol–water partition coefficient (Wildman–Crippen LogP) is 1.32. The van der Waals surface area contributed by atoms with Gasteiger partial charge in [-0.1, -0.05) is 45.2 Å². The Labute approximate surface area is 82.3 Å². The molecule has 0 atom stereocenters. The summed E-state index contributed by atoms with van der Waals surface area (Å²) in [4.78, 5) is 0. The lowest BCUT2D eigenvalue weighted by Crippen LogP contribution is -2.28. The molecule has 0 aromatic rings. The lowest BCUT2D eigenvalue weighted by atomic mass is 10.2. The minimum absolute atomic E-state index is 0.469. The number of aliphatic hydroxyl groups is 2. The van der Waals surface area contributed by atoms with Crippen LogP contribution in [-0.4, -0.2) is 24.9 Å². The minimum atomic E-state index is -1.41. The first-order valence-electron chi connectivity index (χ1n) is 2.69. The Morgan fingerprint density at radius 3 is 1.56 bits per heavy atom. The molecule has 0 spiro atoms. The molecule has 0 saturated heterocycles. The van der Waals surface area contributed by atoms with Gasteiger partial charge in [0.2, 0.25) is 0 Å². The summed E-state index contributed by atoms with van der Waals surface area (Å²) in [7, 11) is 0. The normalized spacial score (nSPS) is 12.0. The summed E-state index contributed by atoms with van der Waals surface area (Å²) in [5.41, 5.74) is 0. The highest BCUT2D eigenvalue weighted by Gasteiger charge is 2.19. The van der Waals surface area contributed by atoms with E-state index in [1.807, 2.05) is 0 Å². The average Bonchev–Trinajstić information content (AvgIpc) is 1.64. The van der Waals surface area contributed by atoms with E-state index in [0.29, 0.717) is 12.8 Å². The lowest BCUT2D eigenvalue weighted by molar-refractivity contribution is -0.161. The van der Waals surface area contributed by atoms with Crippen molar-refractivity contribution in [1.29, 1.82) is 0 Å². The maximum absolute atomic E-state index is 9.06. The van der Waals surface area contributed by atoms with Crippen molar-refractivity contribution in [2.45, 2.75) is 18.6 Å². The summed E-state index contributed by atoms with van der Waals surface area (Å²) in [6, 6.07) is 0. The van der Waals surface area contributed by atoms with Crippen LogP contribution in [0.15, 0.2) is 0 Å². The molecule has 0 amide bonds. The number of halogens is 2. The minimum Gasteiger partial charge on any atom is -0.366 e. The van der Waals surface area contributed by atoms with Crippen LogP contribution in [0.2, 0.25) is 0 Å². The smallest absolute Gasteiger partial charge is 0.163 e. The van der Waals surface area contributed by atoms with Crippen LogP contribution in [0.5, 0.6) is 0 Å². The van der Waals surface area contributed by atoms with Crippen LogP contribution in [0.3, 0.4) is 0 Å². The van der Waals surface area contributed by atoms with Gasteiger partial charge < -0.3 is 10.2 Å². The number of alkyl halides is 2. The Balaban J connectivity index is 3.43. The third-order valence-electron chi connectivity index (χ3n) is 0.990. The molecular weight excluding hydrogens is 346 g/mol. The van der Waals surface area contributed by atoms with E-state index in [0.717, 1.165) is 8.86 Å². The van der Waals surface area contributed by atoms with Crippen LogP contribution in [0, 0.1) is 0 Å². The maximum atomic E-state index is 9.06. The van der Waals surface area contributed by atoms with Crippen LogP contribution in [0.1, 0.15) is 12.8 Å². The van der Waals surface area contributed by atoms with Gasteiger partial charge >= 0.3 is 0 Å². The second kappa shape index (κ2) is 5.09. The zero-order valence-corrected chi connectivity index (χ0v) is 9.29. The van der Waals surface area contributed by atoms with E-state index < -0.39 is 5.79 Å². The Morgan fingerprint density at radius 2 is 1.33 bits per heavy atom. The van der Waals surface area contributed by atoms with Gasteiger partial charge in [-0.25, -0.2) is 0 Å². The Hall–Kier alpha value is 1.38. The molecule has 0 saturated carbocycles. The lowest BCUT2D eigenvalue weighted by Gasteiger charge is -2.18. The summed E-state index contributed by atoms with van der Waals surface area (Å²) in [6.07, 6.45) is 0.938. The molecule has 0 unspecified atom stereocenters. The molecule has 0 aromatic heterocycles. The molecule has 0 fully saturated rings. The van der Waals surface area contributed by atoms with Crippen LogP contribution >= 0.6 is 45.2 Å². The van der Waals surface area contributed by atoms with Gasteiger partial charge in [-0.3, -0.25) is 0 Å². The molecule has 0 aliphatic rings. The van der Waals surface area contributed by atoms with E-state index in [-0.39, 0.29) is 0 Å². The standard InChI is InChI=1S/C5H10I2O2/c6-3-1-5(8,9)2-4-7/h8-9H,1-4H2. The molecule has 0 radical (unpaired) electrons. The highest BCUT2D eigenvalue weighted by atomic mass is 127. The van der Waals surface area contributed by atoms with Crippen molar-refractivity contribution < 1.29 is 10.2 Å². The third-order valence-corrected chi connectivity index (χ3v) is 2.07. The topological polar surface area (TPSA) is 40.5 Å². The molecule has 0 heterocycles. The van der Waals surface area contributed by atoms with Crippen molar-refractivity contribution in [2.24, 2.45) is 0 Å². The molecule has 56 valence electrons. The molecule has 0 rings (SSSR count). The SMILES string of the molecule is OC(O)(CCI)CCI. The zero-order valence-electron chi connectivity index (χ0n) is 4.98. The van der Waals surface area contributed by atoms with Crippen molar-refractivity contribution in [1.82, 2.24) is 0 Å². The first-order chi connectivity index (χ1) is 4.12. The Bertz CT molecular complexity index is 67.4. The summed E-state index contributed by atoms with van der Waals surface area (Å²) < 4.78 is 1.59. The first kappa shape index (κ1) is 10.4. The third kappa shape index (κ3) is 5.81. The summed E-state index contributed by atoms with van der Waals surface area (Å²) in [5.74, 6) is -1.41. The fraction of sp³-hybridized carbons (Fsp3) is 1.00. The number of hydrogen-bond donors (Lipinski definition) is 2. The molecule has 2 nitrogen and oxygen atoms in total. The van der Waals surface area contributed by atoms with Crippen molar-refractivity contribution in [3.63, 3.8) is 0 Å². The van der Waals surface area contributed by atoms with Crippen molar-refractivity contribution in [3.8, 4) is 0 Å². The van der Waals surface area contributed by atoms with E-state index in [4.69, 9.17) is 10.2 Å². The molecule has 9 heavy (non-hydrogen) atoms. The van der Waals surface area contributed by atoms with Gasteiger partial charge in [0.05, 0.1) is 0 Å². The van der Waals surface area contributed by atoms with E-state index in [1.54, 1.807) is 0 Å². The fourth-order valence-corrected chi connectivity index (χ4v) is 2.16. The maximum Gasteiger partial charge on any atom is 0.163 e. The van der Waals surface area contributed by atoms with Crippen LogP contribution < -0.4 is 0 Å². The van der Waals surface area contributed by atoms with Gasteiger partial charge in [0.1, 0.15) is 0 Å². The predicted molar refractivity (Wildman–Crippen MR) is 54.2 cm³/mol. The quantitative estimate of drug-likeness (QED) is 0.453. The molecule has 0 aliphatic heterocycles. The molecule has 2 N–H and O–H groups in total. The molecule has 0 bridgehead atoms. The summed E-state index contributed by atoms with van der Waals surface area (Å²) in [6.45, 7) is 0. The van der Waals surface area contributed by atoms with E-state index in [1.165, 1.54) is 0 Å². The Morgan fingerprint density at radius 1 is 1.00 bits per heavy atom. The van der Waals surface area contributed by atoms with Crippen molar-refractivity contribution in [3.05, 3.63) is 0 Å². The fourth-order valence-electron chi connectivity index (χ4n) is 0.428. The van der Waals surface area contributed by atoms with Crippen molar-refractivity contribution >= 4 is 45.2 Å². The largest absolute Gasteiger partial charge is 0.366 e.